The van der Waals surface area contributed by atoms with Crippen LogP contribution in [0.25, 0.3) is 0 Å². The predicted octanol–water partition coefficient (Wildman–Crippen LogP) is 4.47. The zero-order chi connectivity index (χ0) is 11.5. The highest BCUT2D eigenvalue weighted by atomic mass is 35.5. The van der Waals surface area contributed by atoms with Gasteiger partial charge in [-0.2, -0.15) is 0 Å². The van der Waals surface area contributed by atoms with Gasteiger partial charge in [-0.15, -0.1) is 0 Å². The summed E-state index contributed by atoms with van der Waals surface area (Å²) in [7, 11) is 0. The maximum atomic E-state index is 13.1. The van der Waals surface area contributed by atoms with Gasteiger partial charge in [0.25, 0.3) is 0 Å². The zero-order valence-corrected chi connectivity index (χ0v) is 10.2. The average molecular weight is 242 g/mol. The molecule has 0 aromatic heterocycles. The number of benzene rings is 1. The van der Waals surface area contributed by atoms with E-state index in [1.807, 2.05) is 0 Å². The Bertz CT molecular complexity index is 339. The third-order valence-corrected chi connectivity index (χ3v) is 3.47. The first-order valence-electron chi connectivity index (χ1n) is 5.86. The van der Waals surface area contributed by atoms with E-state index in [0.717, 1.165) is 24.4 Å². The molecule has 1 aliphatic rings. The smallest absolute Gasteiger partial charge is 0.126 e. The first-order valence-corrected chi connectivity index (χ1v) is 6.24. The van der Waals surface area contributed by atoms with Crippen molar-refractivity contribution < 1.29 is 4.39 Å². The number of hydrogen-bond acceptors (Lipinski definition) is 1. The van der Waals surface area contributed by atoms with Crippen molar-refractivity contribution in [3.63, 3.8) is 0 Å². The van der Waals surface area contributed by atoms with Gasteiger partial charge in [-0.25, -0.2) is 4.39 Å². The Morgan fingerprint density at radius 1 is 1.19 bits per heavy atom. The lowest BCUT2D eigenvalue weighted by Gasteiger charge is -2.27. The summed E-state index contributed by atoms with van der Waals surface area (Å²) in [5, 5.41) is 3.81. The van der Waals surface area contributed by atoms with E-state index >= 15 is 0 Å². The Hall–Kier alpha value is -0.760. The van der Waals surface area contributed by atoms with Crippen LogP contribution >= 0.6 is 11.6 Å². The molecule has 88 valence electrons. The Kier molecular flexibility index (Phi) is 3.70. The number of nitrogens with one attached hydrogen (secondary N) is 1. The van der Waals surface area contributed by atoms with E-state index < -0.39 is 0 Å². The van der Waals surface area contributed by atoms with Gasteiger partial charge in [0, 0.05) is 16.8 Å². The van der Waals surface area contributed by atoms with Gasteiger partial charge in [0.2, 0.25) is 0 Å². The van der Waals surface area contributed by atoms with Crippen LogP contribution in [-0.2, 0) is 0 Å². The molecule has 1 fully saturated rings. The van der Waals surface area contributed by atoms with E-state index in [9.17, 15) is 4.39 Å². The molecule has 16 heavy (non-hydrogen) atoms. The summed E-state index contributed by atoms with van der Waals surface area (Å²) in [5.41, 5.74) is 0.796. The molecule has 1 aliphatic carbocycles. The molecule has 0 bridgehead atoms. The van der Waals surface area contributed by atoms with Crippen LogP contribution in [0.4, 0.5) is 10.1 Å². The Morgan fingerprint density at radius 3 is 2.50 bits per heavy atom. The molecule has 0 unspecified atom stereocenters. The van der Waals surface area contributed by atoms with E-state index in [1.165, 1.54) is 25.0 Å². The van der Waals surface area contributed by atoms with Crippen molar-refractivity contribution in [3.8, 4) is 0 Å². The zero-order valence-electron chi connectivity index (χ0n) is 9.47. The van der Waals surface area contributed by atoms with Crippen LogP contribution in [0, 0.1) is 11.7 Å². The number of halogens is 2. The summed E-state index contributed by atoms with van der Waals surface area (Å²) in [6, 6.07) is 5.08. The first kappa shape index (κ1) is 11.7. The molecule has 0 atom stereocenters. The second-order valence-electron chi connectivity index (χ2n) is 4.76. The molecule has 2 rings (SSSR count). The fourth-order valence-electron chi connectivity index (χ4n) is 2.28. The lowest BCUT2D eigenvalue weighted by molar-refractivity contribution is 0.361. The van der Waals surface area contributed by atoms with Crippen molar-refractivity contribution in [2.45, 2.75) is 38.6 Å². The predicted molar refractivity (Wildman–Crippen MR) is 66.5 cm³/mol. The summed E-state index contributed by atoms with van der Waals surface area (Å²) in [5.74, 6) is 0.549. The van der Waals surface area contributed by atoms with Crippen LogP contribution in [0.1, 0.15) is 32.6 Å². The second kappa shape index (κ2) is 5.05. The minimum Gasteiger partial charge on any atom is -0.382 e. The van der Waals surface area contributed by atoms with E-state index in [1.54, 1.807) is 6.07 Å². The highest BCUT2D eigenvalue weighted by Gasteiger charge is 2.17. The number of rotatable bonds is 2. The average Bonchev–Trinajstić information content (AvgIpc) is 2.20. The SMILES string of the molecule is CC1CCC(Nc2cc(F)cc(Cl)c2)CC1. The number of hydrogen-bond donors (Lipinski definition) is 1. The monoisotopic (exact) mass is 241 g/mol. The summed E-state index contributed by atoms with van der Waals surface area (Å²) >= 11 is 5.81. The molecule has 0 spiro atoms. The summed E-state index contributed by atoms with van der Waals surface area (Å²) in [6.45, 7) is 2.29. The molecule has 0 heterocycles. The largest absolute Gasteiger partial charge is 0.382 e. The molecule has 0 aliphatic heterocycles. The van der Waals surface area contributed by atoms with Gasteiger partial charge in [-0.05, 0) is 49.8 Å². The molecule has 1 aromatic carbocycles. The maximum Gasteiger partial charge on any atom is 0.126 e. The third kappa shape index (κ3) is 3.11. The van der Waals surface area contributed by atoms with Gasteiger partial charge in [0.05, 0.1) is 0 Å². The number of anilines is 1. The van der Waals surface area contributed by atoms with Crippen molar-refractivity contribution in [1.29, 1.82) is 0 Å². The topological polar surface area (TPSA) is 12.0 Å². The minimum absolute atomic E-state index is 0.279. The molecule has 0 saturated heterocycles. The van der Waals surface area contributed by atoms with Gasteiger partial charge < -0.3 is 5.32 Å². The van der Waals surface area contributed by atoms with Crippen LogP contribution in [0.5, 0.6) is 0 Å². The van der Waals surface area contributed by atoms with Crippen LogP contribution < -0.4 is 5.32 Å². The van der Waals surface area contributed by atoms with Crippen molar-refractivity contribution >= 4 is 17.3 Å². The normalized spacial score (nSPS) is 25.4. The molecular weight excluding hydrogens is 225 g/mol. The third-order valence-electron chi connectivity index (χ3n) is 3.25. The van der Waals surface area contributed by atoms with Crippen LogP contribution in [-0.4, -0.2) is 6.04 Å². The molecular formula is C13H17ClFN. The van der Waals surface area contributed by atoms with Gasteiger partial charge in [0.15, 0.2) is 0 Å². The minimum atomic E-state index is -0.279. The standard InChI is InChI=1S/C13H17ClFN/c1-9-2-4-12(5-3-9)16-13-7-10(14)6-11(15)8-13/h6-9,12,16H,2-5H2,1H3. The van der Waals surface area contributed by atoms with E-state index in [2.05, 4.69) is 12.2 Å². The van der Waals surface area contributed by atoms with Crippen molar-refractivity contribution in [2.75, 3.05) is 5.32 Å². The van der Waals surface area contributed by atoms with E-state index in [0.29, 0.717) is 11.1 Å². The fraction of sp³-hybridized carbons (Fsp3) is 0.538. The maximum absolute atomic E-state index is 13.1. The molecule has 0 amide bonds. The molecule has 1 N–H and O–H groups in total. The van der Waals surface area contributed by atoms with Crippen LogP contribution in [0.15, 0.2) is 18.2 Å². The molecule has 3 heteroatoms. The quantitative estimate of drug-likeness (QED) is 0.806. The van der Waals surface area contributed by atoms with Gasteiger partial charge in [-0.3, -0.25) is 0 Å². The van der Waals surface area contributed by atoms with Crippen molar-refractivity contribution in [2.24, 2.45) is 5.92 Å². The highest BCUT2D eigenvalue weighted by Crippen LogP contribution is 2.27. The highest BCUT2D eigenvalue weighted by molar-refractivity contribution is 6.30. The van der Waals surface area contributed by atoms with Crippen molar-refractivity contribution in [3.05, 3.63) is 29.0 Å². The van der Waals surface area contributed by atoms with E-state index in [-0.39, 0.29) is 5.82 Å². The van der Waals surface area contributed by atoms with Crippen LogP contribution in [0.2, 0.25) is 5.02 Å². The molecule has 0 radical (unpaired) electrons. The summed E-state index contributed by atoms with van der Waals surface area (Å²) in [4.78, 5) is 0. The fourth-order valence-corrected chi connectivity index (χ4v) is 2.50. The second-order valence-corrected chi connectivity index (χ2v) is 5.20. The van der Waals surface area contributed by atoms with Gasteiger partial charge >= 0.3 is 0 Å². The Balaban J connectivity index is 1.98. The first-order chi connectivity index (χ1) is 7.63. The lowest BCUT2D eigenvalue weighted by Crippen LogP contribution is -2.25. The summed E-state index contributed by atoms with van der Waals surface area (Å²) < 4.78 is 13.1. The van der Waals surface area contributed by atoms with Crippen molar-refractivity contribution in [1.82, 2.24) is 0 Å². The molecule has 1 aromatic rings. The summed E-state index contributed by atoms with van der Waals surface area (Å²) in [6.07, 6.45) is 4.83. The Labute approximate surface area is 101 Å². The van der Waals surface area contributed by atoms with E-state index in [4.69, 9.17) is 11.6 Å². The lowest BCUT2D eigenvalue weighted by atomic mass is 9.87. The van der Waals surface area contributed by atoms with Crippen LogP contribution in [0.3, 0.4) is 0 Å². The van der Waals surface area contributed by atoms with Gasteiger partial charge in [0.1, 0.15) is 5.82 Å². The Morgan fingerprint density at radius 2 is 1.88 bits per heavy atom. The van der Waals surface area contributed by atoms with Gasteiger partial charge in [-0.1, -0.05) is 18.5 Å². The molecule has 1 nitrogen and oxygen atoms in total. The molecule has 1 saturated carbocycles.